The number of piperidine rings is 1. The van der Waals surface area contributed by atoms with Gasteiger partial charge in [0.15, 0.2) is 5.82 Å². The molecule has 1 fully saturated rings. The lowest BCUT2D eigenvalue weighted by Gasteiger charge is -2.28. The summed E-state index contributed by atoms with van der Waals surface area (Å²) in [5.41, 5.74) is 0.438. The van der Waals surface area contributed by atoms with E-state index in [0.717, 1.165) is 0 Å². The molecule has 11 heteroatoms. The molecule has 3 rings (SSSR count). The third kappa shape index (κ3) is 4.04. The van der Waals surface area contributed by atoms with Crippen LogP contribution in [-0.4, -0.2) is 57.7 Å². The fraction of sp³-hybridized carbons (Fsp3) is 0.571. The van der Waals surface area contributed by atoms with Gasteiger partial charge in [-0.05, 0) is 12.8 Å². The lowest BCUT2D eigenvalue weighted by Crippen LogP contribution is -2.37. The molecule has 0 aromatic carbocycles. The Hall–Kier alpha value is -2.27. The van der Waals surface area contributed by atoms with E-state index in [2.05, 4.69) is 20.4 Å². The summed E-state index contributed by atoms with van der Waals surface area (Å²) in [4.78, 5) is 20.2. The van der Waals surface area contributed by atoms with Crippen LogP contribution in [0.15, 0.2) is 17.0 Å². The Kier molecular flexibility index (Phi) is 4.86. The molecule has 1 N–H and O–H groups in total. The van der Waals surface area contributed by atoms with E-state index in [4.69, 9.17) is 4.52 Å². The van der Waals surface area contributed by atoms with Crippen molar-refractivity contribution in [1.29, 1.82) is 0 Å². The zero-order chi connectivity index (χ0) is 18.0. The Morgan fingerprint density at radius 2 is 2.12 bits per heavy atom. The van der Waals surface area contributed by atoms with Crippen molar-refractivity contribution in [1.82, 2.24) is 29.3 Å². The van der Waals surface area contributed by atoms with Gasteiger partial charge >= 0.3 is 0 Å². The van der Waals surface area contributed by atoms with Gasteiger partial charge in [0.25, 0.3) is 5.91 Å². The third-order valence-electron chi connectivity index (χ3n) is 4.22. The Labute approximate surface area is 145 Å². The fourth-order valence-electron chi connectivity index (χ4n) is 2.77. The average Bonchev–Trinajstić information content (AvgIpc) is 3.21. The lowest BCUT2D eigenvalue weighted by molar-refractivity contribution is 0.0938. The Morgan fingerprint density at radius 3 is 2.72 bits per heavy atom. The van der Waals surface area contributed by atoms with Gasteiger partial charge < -0.3 is 14.4 Å². The van der Waals surface area contributed by atoms with Crippen LogP contribution in [0.5, 0.6) is 0 Å². The second-order valence-electron chi connectivity index (χ2n) is 6.06. The van der Waals surface area contributed by atoms with E-state index in [0.29, 0.717) is 43.3 Å². The van der Waals surface area contributed by atoms with Crippen molar-refractivity contribution < 1.29 is 17.7 Å². The summed E-state index contributed by atoms with van der Waals surface area (Å²) in [7, 11) is -1.42. The summed E-state index contributed by atoms with van der Waals surface area (Å²) in [6.45, 7) is 1.02. The largest absolute Gasteiger partial charge is 0.342 e. The number of imidazole rings is 1. The van der Waals surface area contributed by atoms with Crippen molar-refractivity contribution in [3.63, 3.8) is 0 Å². The van der Waals surface area contributed by atoms with E-state index in [9.17, 15) is 13.2 Å². The van der Waals surface area contributed by atoms with Gasteiger partial charge in [0, 0.05) is 26.1 Å². The number of rotatable bonds is 5. The minimum Gasteiger partial charge on any atom is -0.342 e. The Morgan fingerprint density at radius 1 is 1.40 bits per heavy atom. The molecule has 0 radical (unpaired) electrons. The smallest absolute Gasteiger partial charge is 0.269 e. The number of aromatic nitrogens is 4. The molecule has 0 bridgehead atoms. The standard InChI is InChI=1S/C14H20N6O4S/c1-19-9-15-7-11(19)14(21)16-8-12-17-13(18-24-12)10-3-5-20(6-4-10)25(2,22)23/h7,9-10H,3-6,8H2,1-2H3,(H,16,21). The summed E-state index contributed by atoms with van der Waals surface area (Å²) < 4.78 is 31.3. The number of amides is 1. The highest BCUT2D eigenvalue weighted by atomic mass is 32.2. The molecular formula is C14H20N6O4S. The maximum absolute atomic E-state index is 12.0. The van der Waals surface area contributed by atoms with Gasteiger partial charge in [0.05, 0.1) is 25.3 Å². The number of sulfonamides is 1. The van der Waals surface area contributed by atoms with E-state index >= 15 is 0 Å². The number of nitrogens with zero attached hydrogens (tertiary/aromatic N) is 5. The highest BCUT2D eigenvalue weighted by molar-refractivity contribution is 7.88. The van der Waals surface area contributed by atoms with Crippen LogP contribution in [0.1, 0.15) is 41.0 Å². The summed E-state index contributed by atoms with van der Waals surface area (Å²) in [5, 5.41) is 6.66. The molecule has 0 spiro atoms. The van der Waals surface area contributed by atoms with Crippen LogP contribution in [0.25, 0.3) is 0 Å². The van der Waals surface area contributed by atoms with Crippen LogP contribution in [0.4, 0.5) is 0 Å². The third-order valence-corrected chi connectivity index (χ3v) is 5.52. The SMILES string of the molecule is Cn1cncc1C(=O)NCc1nc(C2CCN(S(C)(=O)=O)CC2)no1. The molecule has 25 heavy (non-hydrogen) atoms. The second-order valence-corrected chi connectivity index (χ2v) is 8.04. The van der Waals surface area contributed by atoms with Gasteiger partial charge in [-0.2, -0.15) is 4.98 Å². The predicted molar refractivity (Wildman–Crippen MR) is 87.1 cm³/mol. The van der Waals surface area contributed by atoms with Gasteiger partial charge in [-0.25, -0.2) is 17.7 Å². The molecule has 0 saturated carbocycles. The molecule has 1 saturated heterocycles. The minimum atomic E-state index is -3.16. The molecule has 2 aromatic heterocycles. The minimum absolute atomic E-state index is 0.0586. The van der Waals surface area contributed by atoms with E-state index in [-0.39, 0.29) is 18.4 Å². The highest BCUT2D eigenvalue weighted by Gasteiger charge is 2.28. The van der Waals surface area contributed by atoms with Crippen LogP contribution in [0.3, 0.4) is 0 Å². The molecule has 0 unspecified atom stereocenters. The molecule has 1 aliphatic rings. The van der Waals surface area contributed by atoms with Crippen molar-refractivity contribution in [3.05, 3.63) is 29.9 Å². The summed E-state index contributed by atoms with van der Waals surface area (Å²) in [5.74, 6) is 0.651. The van der Waals surface area contributed by atoms with E-state index in [1.54, 1.807) is 17.9 Å². The molecule has 10 nitrogen and oxygen atoms in total. The summed E-state index contributed by atoms with van der Waals surface area (Å²) in [6, 6.07) is 0. The highest BCUT2D eigenvalue weighted by Crippen LogP contribution is 2.26. The van der Waals surface area contributed by atoms with Gasteiger partial charge in [-0.3, -0.25) is 4.79 Å². The maximum Gasteiger partial charge on any atom is 0.269 e. The number of hydrogen-bond donors (Lipinski definition) is 1. The van der Waals surface area contributed by atoms with Crippen LogP contribution in [0, 0.1) is 0 Å². The van der Waals surface area contributed by atoms with Crippen LogP contribution < -0.4 is 5.32 Å². The van der Waals surface area contributed by atoms with E-state index < -0.39 is 10.0 Å². The number of aryl methyl sites for hydroxylation is 1. The first-order valence-electron chi connectivity index (χ1n) is 7.86. The molecule has 0 aliphatic carbocycles. The van der Waals surface area contributed by atoms with Gasteiger partial charge in [-0.15, -0.1) is 0 Å². The van der Waals surface area contributed by atoms with Crippen LogP contribution in [-0.2, 0) is 23.6 Å². The average molecular weight is 368 g/mol. The fourth-order valence-corrected chi connectivity index (χ4v) is 3.65. The lowest BCUT2D eigenvalue weighted by atomic mass is 9.98. The van der Waals surface area contributed by atoms with Crippen molar-refractivity contribution in [2.75, 3.05) is 19.3 Å². The zero-order valence-corrected chi connectivity index (χ0v) is 14.9. The molecular weight excluding hydrogens is 348 g/mol. The topological polar surface area (TPSA) is 123 Å². The van der Waals surface area contributed by atoms with Crippen molar-refractivity contribution in [2.24, 2.45) is 7.05 Å². The maximum atomic E-state index is 12.0. The van der Waals surface area contributed by atoms with Gasteiger partial charge in [-0.1, -0.05) is 5.16 Å². The Balaban J connectivity index is 1.55. The first-order valence-corrected chi connectivity index (χ1v) is 9.71. The van der Waals surface area contributed by atoms with Crippen LogP contribution in [0.2, 0.25) is 0 Å². The predicted octanol–water partition coefficient (Wildman–Crippen LogP) is -0.128. The van der Waals surface area contributed by atoms with Gasteiger partial charge in [0.1, 0.15) is 5.69 Å². The molecule has 1 amide bonds. The van der Waals surface area contributed by atoms with E-state index in [1.165, 1.54) is 16.8 Å². The molecule has 136 valence electrons. The normalized spacial score (nSPS) is 16.9. The molecule has 0 atom stereocenters. The number of nitrogens with one attached hydrogen (secondary N) is 1. The first-order chi connectivity index (χ1) is 11.8. The zero-order valence-electron chi connectivity index (χ0n) is 14.0. The van der Waals surface area contributed by atoms with Crippen LogP contribution >= 0.6 is 0 Å². The second kappa shape index (κ2) is 6.92. The van der Waals surface area contributed by atoms with Crippen molar-refractivity contribution in [3.8, 4) is 0 Å². The summed E-state index contributed by atoms with van der Waals surface area (Å²) in [6.07, 6.45) is 5.53. The van der Waals surface area contributed by atoms with Crippen molar-refractivity contribution >= 4 is 15.9 Å². The molecule has 3 heterocycles. The number of carbonyl (C=O) groups excluding carboxylic acids is 1. The quantitative estimate of drug-likeness (QED) is 0.780. The Bertz CT molecular complexity index is 850. The molecule has 1 aliphatic heterocycles. The first kappa shape index (κ1) is 17.5. The number of carbonyl (C=O) groups is 1. The monoisotopic (exact) mass is 368 g/mol. The van der Waals surface area contributed by atoms with Crippen molar-refractivity contribution in [2.45, 2.75) is 25.3 Å². The number of hydrogen-bond acceptors (Lipinski definition) is 7. The summed E-state index contributed by atoms with van der Waals surface area (Å²) >= 11 is 0. The van der Waals surface area contributed by atoms with Gasteiger partial charge in [0.2, 0.25) is 15.9 Å². The molecule has 2 aromatic rings. The van der Waals surface area contributed by atoms with E-state index in [1.807, 2.05) is 0 Å².